The Kier molecular flexibility index (Phi) is 5.11. The number of Topliss-reactive ketones (excluding diaryl/α,β-unsaturated/α-hetero) is 1. The lowest BCUT2D eigenvalue weighted by Gasteiger charge is -2.34. The average molecular weight is 399 g/mol. The molecule has 2 aromatic carbocycles. The van der Waals surface area contributed by atoms with E-state index in [0.717, 1.165) is 11.1 Å². The first-order valence-corrected chi connectivity index (χ1v) is 9.74. The average Bonchev–Trinajstić information content (AvgIpc) is 2.73. The number of carbonyl (C=O) groups is 2. The number of hydrogen-bond acceptors (Lipinski definition) is 5. The summed E-state index contributed by atoms with van der Waals surface area (Å²) in [5, 5.41) is 12.4. The maximum Gasteiger partial charge on any atom is 0.221 e. The molecule has 6 heteroatoms. The third-order valence-electron chi connectivity index (χ3n) is 5.50. The maximum atomic E-state index is 13.2. The maximum absolute atomic E-state index is 13.2. The summed E-state index contributed by atoms with van der Waals surface area (Å²) in [5.74, 6) is -0.205. The summed E-state index contributed by atoms with van der Waals surface area (Å²) in [7, 11) is 0. The van der Waals surface area contributed by atoms with Crippen LogP contribution in [0.1, 0.15) is 42.7 Å². The van der Waals surface area contributed by atoms with Crippen LogP contribution in [-0.2, 0) is 14.3 Å². The van der Waals surface area contributed by atoms with Crippen LogP contribution in [-0.4, -0.2) is 11.7 Å². The molecule has 2 aromatic rings. The van der Waals surface area contributed by atoms with Crippen molar-refractivity contribution < 1.29 is 14.3 Å². The number of nitrogens with two attached hydrogens (primary N) is 1. The Hall–Kier alpha value is -3.85. The second-order valence-electron chi connectivity index (χ2n) is 7.50. The van der Waals surface area contributed by atoms with Gasteiger partial charge in [0.1, 0.15) is 17.4 Å². The fraction of sp³-hybridized carbons (Fsp3) is 0.208. The van der Waals surface area contributed by atoms with Crippen LogP contribution in [0.25, 0.3) is 0 Å². The highest BCUT2D eigenvalue weighted by Gasteiger charge is 2.40. The number of ether oxygens (including phenoxy) is 1. The molecule has 6 nitrogen and oxygen atoms in total. The highest BCUT2D eigenvalue weighted by Crippen LogP contribution is 2.46. The topological polar surface area (TPSA) is 105 Å². The zero-order valence-electron chi connectivity index (χ0n) is 16.5. The molecule has 1 heterocycles. The van der Waals surface area contributed by atoms with E-state index in [1.165, 1.54) is 6.92 Å². The van der Waals surface area contributed by atoms with Crippen molar-refractivity contribution >= 4 is 17.4 Å². The van der Waals surface area contributed by atoms with Crippen molar-refractivity contribution in [3.05, 3.63) is 88.5 Å². The van der Waals surface area contributed by atoms with E-state index in [0.29, 0.717) is 29.9 Å². The van der Waals surface area contributed by atoms with Gasteiger partial charge in [-0.15, -0.1) is 0 Å². The summed E-state index contributed by atoms with van der Waals surface area (Å²) < 4.78 is 5.78. The molecule has 0 bridgehead atoms. The van der Waals surface area contributed by atoms with Gasteiger partial charge in [-0.3, -0.25) is 9.59 Å². The van der Waals surface area contributed by atoms with Crippen molar-refractivity contribution in [1.29, 1.82) is 5.26 Å². The second-order valence-corrected chi connectivity index (χ2v) is 7.50. The Balaban J connectivity index is 1.73. The predicted molar refractivity (Wildman–Crippen MR) is 112 cm³/mol. The molecule has 2 aliphatic rings. The first kappa shape index (κ1) is 19.5. The number of ketones is 1. The molecule has 0 aromatic heterocycles. The molecule has 1 amide bonds. The zero-order valence-corrected chi connectivity index (χ0v) is 16.5. The molecular formula is C24H21N3O3. The van der Waals surface area contributed by atoms with Gasteiger partial charge in [-0.25, -0.2) is 0 Å². The van der Waals surface area contributed by atoms with E-state index in [2.05, 4.69) is 11.4 Å². The Morgan fingerprint density at radius 3 is 2.43 bits per heavy atom. The van der Waals surface area contributed by atoms with E-state index in [1.807, 2.05) is 30.3 Å². The normalized spacial score (nSPS) is 20.9. The molecule has 2 atom stereocenters. The largest absolute Gasteiger partial charge is 0.444 e. The van der Waals surface area contributed by atoms with Gasteiger partial charge in [-0.1, -0.05) is 42.5 Å². The summed E-state index contributed by atoms with van der Waals surface area (Å²) in [6, 6.07) is 19.1. The number of anilines is 1. The second kappa shape index (κ2) is 7.88. The van der Waals surface area contributed by atoms with Crippen LogP contribution in [0.2, 0.25) is 0 Å². The van der Waals surface area contributed by atoms with Crippen molar-refractivity contribution in [2.24, 2.45) is 5.73 Å². The smallest absolute Gasteiger partial charge is 0.221 e. The number of hydrogen-bond donors (Lipinski definition) is 2. The molecule has 3 N–H and O–H groups in total. The fourth-order valence-corrected chi connectivity index (χ4v) is 4.16. The van der Waals surface area contributed by atoms with E-state index in [4.69, 9.17) is 10.5 Å². The van der Waals surface area contributed by atoms with E-state index in [-0.39, 0.29) is 29.1 Å². The predicted octanol–water partition coefficient (Wildman–Crippen LogP) is 3.85. The molecule has 0 unspecified atom stereocenters. The third kappa shape index (κ3) is 3.58. The summed E-state index contributed by atoms with van der Waals surface area (Å²) in [6.45, 7) is 1.44. The lowest BCUT2D eigenvalue weighted by Crippen LogP contribution is -2.29. The van der Waals surface area contributed by atoms with E-state index in [9.17, 15) is 14.9 Å². The number of benzene rings is 2. The number of amides is 1. The molecule has 0 saturated carbocycles. The standard InChI is InChI=1S/C24H21N3O3/c1-14(28)27-18-9-7-16(8-10-18)22-19(13-25)24(26)30-21-12-17(11-20(29)23(21)22)15-5-3-2-4-6-15/h2-10,17,22H,11-12,26H2,1H3,(H,27,28)/t17-,22-/m1/s1. The van der Waals surface area contributed by atoms with Crippen molar-refractivity contribution in [3.63, 3.8) is 0 Å². The number of nitrogens with zero attached hydrogens (tertiary/aromatic N) is 1. The minimum atomic E-state index is -0.575. The number of allylic oxidation sites excluding steroid dienone is 3. The first-order valence-electron chi connectivity index (χ1n) is 9.74. The number of nitriles is 1. The Morgan fingerprint density at radius 2 is 1.80 bits per heavy atom. The fourth-order valence-electron chi connectivity index (χ4n) is 4.16. The first-order chi connectivity index (χ1) is 14.5. The molecular weight excluding hydrogens is 378 g/mol. The summed E-state index contributed by atoms with van der Waals surface area (Å²) in [5.41, 5.74) is 9.28. The Bertz CT molecular complexity index is 1110. The minimum Gasteiger partial charge on any atom is -0.444 e. The number of nitrogens with one attached hydrogen (secondary N) is 1. The van der Waals surface area contributed by atoms with Gasteiger partial charge in [0.2, 0.25) is 11.8 Å². The van der Waals surface area contributed by atoms with Gasteiger partial charge in [0.25, 0.3) is 0 Å². The number of rotatable bonds is 3. The summed E-state index contributed by atoms with van der Waals surface area (Å²) >= 11 is 0. The molecule has 1 aliphatic heterocycles. The summed E-state index contributed by atoms with van der Waals surface area (Å²) in [6.07, 6.45) is 0.899. The van der Waals surface area contributed by atoms with Crippen LogP contribution in [0, 0.1) is 11.3 Å². The summed E-state index contributed by atoms with van der Waals surface area (Å²) in [4.78, 5) is 24.5. The molecule has 30 heavy (non-hydrogen) atoms. The Morgan fingerprint density at radius 1 is 1.10 bits per heavy atom. The van der Waals surface area contributed by atoms with Gasteiger partial charge in [-0.05, 0) is 29.2 Å². The molecule has 0 radical (unpaired) electrons. The zero-order chi connectivity index (χ0) is 21.3. The monoisotopic (exact) mass is 399 g/mol. The third-order valence-corrected chi connectivity index (χ3v) is 5.50. The van der Waals surface area contributed by atoms with Crippen LogP contribution < -0.4 is 11.1 Å². The molecule has 0 spiro atoms. The van der Waals surface area contributed by atoms with Crippen LogP contribution in [0.5, 0.6) is 0 Å². The lowest BCUT2D eigenvalue weighted by atomic mass is 9.73. The van der Waals surface area contributed by atoms with Gasteiger partial charge in [0, 0.05) is 31.0 Å². The van der Waals surface area contributed by atoms with Crippen LogP contribution >= 0.6 is 0 Å². The van der Waals surface area contributed by atoms with E-state index >= 15 is 0 Å². The van der Waals surface area contributed by atoms with Gasteiger partial charge in [-0.2, -0.15) is 5.26 Å². The molecule has 150 valence electrons. The number of carbonyl (C=O) groups excluding carboxylic acids is 2. The van der Waals surface area contributed by atoms with Crippen molar-refractivity contribution in [2.75, 3.05) is 5.32 Å². The van der Waals surface area contributed by atoms with Crippen LogP contribution in [0.4, 0.5) is 5.69 Å². The molecule has 4 rings (SSSR count). The van der Waals surface area contributed by atoms with Crippen molar-refractivity contribution in [1.82, 2.24) is 0 Å². The van der Waals surface area contributed by atoms with E-state index in [1.54, 1.807) is 24.3 Å². The van der Waals surface area contributed by atoms with Gasteiger partial charge in [0.05, 0.1) is 5.92 Å². The van der Waals surface area contributed by atoms with Gasteiger partial charge < -0.3 is 15.8 Å². The molecule has 1 aliphatic carbocycles. The minimum absolute atomic E-state index is 0.0108. The van der Waals surface area contributed by atoms with Crippen LogP contribution in [0.15, 0.2) is 77.4 Å². The lowest BCUT2D eigenvalue weighted by molar-refractivity contribution is -0.117. The van der Waals surface area contributed by atoms with Crippen LogP contribution in [0.3, 0.4) is 0 Å². The highest BCUT2D eigenvalue weighted by molar-refractivity contribution is 6.00. The van der Waals surface area contributed by atoms with Crippen molar-refractivity contribution in [2.45, 2.75) is 31.6 Å². The van der Waals surface area contributed by atoms with Gasteiger partial charge in [0.15, 0.2) is 5.78 Å². The highest BCUT2D eigenvalue weighted by atomic mass is 16.5. The van der Waals surface area contributed by atoms with Crippen molar-refractivity contribution in [3.8, 4) is 6.07 Å². The SMILES string of the molecule is CC(=O)Nc1ccc([C@@H]2C(C#N)=C(N)OC3=C2C(=O)C[C@@H](c2ccccc2)C3)cc1. The molecule has 0 fully saturated rings. The molecule has 0 saturated heterocycles. The Labute approximate surface area is 174 Å². The van der Waals surface area contributed by atoms with Gasteiger partial charge >= 0.3 is 0 Å². The quantitative estimate of drug-likeness (QED) is 0.815. The van der Waals surface area contributed by atoms with E-state index < -0.39 is 5.92 Å².